The van der Waals surface area contributed by atoms with Gasteiger partial charge in [0.2, 0.25) is 5.91 Å². The maximum atomic E-state index is 11.5. The topological polar surface area (TPSA) is 92.7 Å². The minimum absolute atomic E-state index is 0.0319. The summed E-state index contributed by atoms with van der Waals surface area (Å²) in [5.41, 5.74) is 0. The minimum Gasteiger partial charge on any atom is -0.480 e. The molecule has 0 aromatic rings. The Morgan fingerprint density at radius 2 is 1.94 bits per heavy atom. The molecule has 0 radical (unpaired) electrons. The van der Waals surface area contributed by atoms with Gasteiger partial charge in [0, 0.05) is 12.3 Å². The van der Waals surface area contributed by atoms with Crippen molar-refractivity contribution in [3.63, 3.8) is 0 Å². The van der Waals surface area contributed by atoms with Crippen molar-refractivity contribution < 1.29 is 24.2 Å². The number of carbonyl (C=O) groups is 3. The van der Waals surface area contributed by atoms with Crippen molar-refractivity contribution in [1.29, 1.82) is 0 Å². The number of esters is 1. The molecule has 2 N–H and O–H groups in total. The van der Waals surface area contributed by atoms with Crippen LogP contribution in [-0.2, 0) is 19.1 Å². The van der Waals surface area contributed by atoms with Crippen LogP contribution >= 0.6 is 0 Å². The van der Waals surface area contributed by atoms with Crippen LogP contribution in [0.1, 0.15) is 33.1 Å². The molecule has 0 aliphatic carbocycles. The Kier molecular flexibility index (Phi) is 6.93. The zero-order valence-corrected chi connectivity index (χ0v) is 10.4. The third-order valence-corrected chi connectivity index (χ3v) is 2.54. The van der Waals surface area contributed by atoms with E-state index >= 15 is 0 Å². The molecule has 0 spiro atoms. The van der Waals surface area contributed by atoms with Crippen molar-refractivity contribution in [2.75, 3.05) is 7.11 Å². The lowest BCUT2D eigenvalue weighted by molar-refractivity contribution is -0.144. The average molecular weight is 245 g/mol. The number of aliphatic carboxylic acids is 1. The zero-order chi connectivity index (χ0) is 13.4. The number of rotatable bonds is 7. The zero-order valence-electron chi connectivity index (χ0n) is 10.4. The van der Waals surface area contributed by atoms with Gasteiger partial charge in [0.15, 0.2) is 0 Å². The molecule has 0 aliphatic rings. The van der Waals surface area contributed by atoms with Crippen LogP contribution in [0.15, 0.2) is 0 Å². The van der Waals surface area contributed by atoms with Crippen molar-refractivity contribution in [3.05, 3.63) is 0 Å². The quantitative estimate of drug-likeness (QED) is 0.639. The number of hydrogen-bond donors (Lipinski definition) is 2. The molecule has 6 heteroatoms. The molecule has 0 aliphatic heterocycles. The van der Waals surface area contributed by atoms with Crippen molar-refractivity contribution >= 4 is 17.8 Å². The van der Waals surface area contributed by atoms with E-state index < -0.39 is 18.0 Å². The minimum atomic E-state index is -1.15. The number of hydrogen-bond acceptors (Lipinski definition) is 4. The predicted molar refractivity (Wildman–Crippen MR) is 60.3 cm³/mol. The van der Waals surface area contributed by atoms with Gasteiger partial charge in [0.25, 0.3) is 0 Å². The van der Waals surface area contributed by atoms with Crippen molar-refractivity contribution in [3.8, 4) is 0 Å². The Bertz CT molecular complexity index is 290. The highest BCUT2D eigenvalue weighted by Crippen LogP contribution is 2.04. The normalized spacial score (nSPS) is 13.6. The summed E-state index contributed by atoms with van der Waals surface area (Å²) in [7, 11) is 1.23. The van der Waals surface area contributed by atoms with Gasteiger partial charge >= 0.3 is 11.9 Å². The Labute approximate surface area is 100 Å². The summed E-state index contributed by atoms with van der Waals surface area (Å²) >= 11 is 0. The maximum absolute atomic E-state index is 11.5. The summed E-state index contributed by atoms with van der Waals surface area (Å²) < 4.78 is 4.41. The Morgan fingerprint density at radius 3 is 2.35 bits per heavy atom. The van der Waals surface area contributed by atoms with Gasteiger partial charge < -0.3 is 15.2 Å². The number of methoxy groups -OCH3 is 1. The molecule has 0 saturated carbocycles. The maximum Gasteiger partial charge on any atom is 0.326 e. The first-order chi connectivity index (χ1) is 7.92. The van der Waals surface area contributed by atoms with E-state index in [4.69, 9.17) is 5.11 Å². The van der Waals surface area contributed by atoms with Gasteiger partial charge in [-0.25, -0.2) is 4.79 Å². The molecular formula is C11H19NO5. The molecule has 0 heterocycles. The van der Waals surface area contributed by atoms with E-state index in [1.807, 2.05) is 6.92 Å². The highest BCUT2D eigenvalue weighted by molar-refractivity contribution is 5.85. The van der Waals surface area contributed by atoms with Crippen LogP contribution in [0.2, 0.25) is 0 Å². The second-order valence-corrected chi connectivity index (χ2v) is 3.82. The summed E-state index contributed by atoms with van der Waals surface area (Å²) in [6, 6.07) is -1.05. The number of ether oxygens (including phenoxy) is 1. The second-order valence-electron chi connectivity index (χ2n) is 3.82. The first kappa shape index (κ1) is 15.4. The first-order valence-electron chi connectivity index (χ1n) is 5.52. The van der Waals surface area contributed by atoms with E-state index in [9.17, 15) is 14.4 Å². The van der Waals surface area contributed by atoms with Gasteiger partial charge in [-0.1, -0.05) is 13.8 Å². The molecule has 0 fully saturated rings. The number of nitrogens with one attached hydrogen (secondary N) is 1. The van der Waals surface area contributed by atoms with Crippen LogP contribution in [-0.4, -0.2) is 36.1 Å². The Balaban J connectivity index is 4.30. The molecular weight excluding hydrogens is 226 g/mol. The van der Waals surface area contributed by atoms with Crippen LogP contribution < -0.4 is 5.32 Å². The fourth-order valence-electron chi connectivity index (χ4n) is 1.12. The molecule has 1 unspecified atom stereocenters. The number of carbonyl (C=O) groups excluding carboxylic acids is 2. The van der Waals surface area contributed by atoms with Crippen LogP contribution in [0.5, 0.6) is 0 Å². The van der Waals surface area contributed by atoms with Crippen LogP contribution in [0.25, 0.3) is 0 Å². The van der Waals surface area contributed by atoms with E-state index in [-0.39, 0.29) is 24.7 Å². The number of amides is 1. The highest BCUT2D eigenvalue weighted by atomic mass is 16.5. The molecule has 0 bridgehead atoms. The lowest BCUT2D eigenvalue weighted by Crippen LogP contribution is -2.43. The lowest BCUT2D eigenvalue weighted by atomic mass is 10.1. The van der Waals surface area contributed by atoms with Crippen LogP contribution in [0, 0.1) is 5.92 Å². The summed E-state index contributed by atoms with van der Waals surface area (Å²) in [4.78, 5) is 33.3. The van der Waals surface area contributed by atoms with E-state index in [1.54, 1.807) is 6.92 Å². The molecule has 0 saturated heterocycles. The SMILES string of the molecule is CCC(C)C(=O)N[C@H](CCC(=O)OC)C(=O)O. The molecule has 0 aromatic heterocycles. The van der Waals surface area contributed by atoms with Gasteiger partial charge in [-0.3, -0.25) is 9.59 Å². The third-order valence-electron chi connectivity index (χ3n) is 2.54. The van der Waals surface area contributed by atoms with Crippen LogP contribution in [0.4, 0.5) is 0 Å². The summed E-state index contributed by atoms with van der Waals surface area (Å²) in [6.07, 6.45) is 0.633. The largest absolute Gasteiger partial charge is 0.480 e. The molecule has 1 amide bonds. The molecule has 2 atom stereocenters. The summed E-state index contributed by atoms with van der Waals surface area (Å²) in [5.74, 6) is -2.20. The molecule has 17 heavy (non-hydrogen) atoms. The van der Waals surface area contributed by atoms with Gasteiger partial charge in [-0.05, 0) is 12.8 Å². The Hall–Kier alpha value is -1.59. The molecule has 0 rings (SSSR count). The van der Waals surface area contributed by atoms with Crippen molar-refractivity contribution in [2.24, 2.45) is 5.92 Å². The van der Waals surface area contributed by atoms with Gasteiger partial charge in [0.05, 0.1) is 7.11 Å². The highest BCUT2D eigenvalue weighted by Gasteiger charge is 2.23. The first-order valence-corrected chi connectivity index (χ1v) is 5.52. The van der Waals surface area contributed by atoms with E-state index in [0.717, 1.165) is 0 Å². The van der Waals surface area contributed by atoms with Gasteiger partial charge in [-0.15, -0.1) is 0 Å². The molecule has 98 valence electrons. The number of carboxylic acid groups (broad SMARTS) is 1. The predicted octanol–water partition coefficient (Wildman–Crippen LogP) is 0.555. The molecule has 0 aromatic carbocycles. The summed E-state index contributed by atoms with van der Waals surface area (Å²) in [6.45, 7) is 3.56. The van der Waals surface area contributed by atoms with Crippen molar-refractivity contribution in [1.82, 2.24) is 5.32 Å². The van der Waals surface area contributed by atoms with E-state index in [1.165, 1.54) is 7.11 Å². The second kappa shape index (κ2) is 7.65. The van der Waals surface area contributed by atoms with E-state index in [2.05, 4.69) is 10.1 Å². The number of carboxylic acids is 1. The summed E-state index contributed by atoms with van der Waals surface area (Å²) in [5, 5.41) is 11.3. The standard InChI is InChI=1S/C11H19NO5/c1-4-7(2)10(14)12-8(11(15)16)5-6-9(13)17-3/h7-8H,4-6H2,1-3H3,(H,12,14)(H,15,16)/t7?,8-/m1/s1. The van der Waals surface area contributed by atoms with Crippen LogP contribution in [0.3, 0.4) is 0 Å². The van der Waals surface area contributed by atoms with Crippen molar-refractivity contribution in [2.45, 2.75) is 39.2 Å². The average Bonchev–Trinajstić information content (AvgIpc) is 2.31. The fraction of sp³-hybridized carbons (Fsp3) is 0.727. The van der Waals surface area contributed by atoms with Gasteiger partial charge in [-0.2, -0.15) is 0 Å². The molecule has 6 nitrogen and oxygen atoms in total. The Morgan fingerprint density at radius 1 is 1.35 bits per heavy atom. The fourth-order valence-corrected chi connectivity index (χ4v) is 1.12. The van der Waals surface area contributed by atoms with E-state index in [0.29, 0.717) is 6.42 Å². The van der Waals surface area contributed by atoms with Gasteiger partial charge in [0.1, 0.15) is 6.04 Å². The smallest absolute Gasteiger partial charge is 0.326 e. The third kappa shape index (κ3) is 5.89. The monoisotopic (exact) mass is 245 g/mol. The lowest BCUT2D eigenvalue weighted by Gasteiger charge is -2.16.